The van der Waals surface area contributed by atoms with Crippen molar-refractivity contribution in [1.82, 2.24) is 9.80 Å². The molecule has 106 valence electrons. The van der Waals surface area contributed by atoms with Crippen molar-refractivity contribution in [1.29, 1.82) is 0 Å². The molecule has 0 unspecified atom stereocenters. The minimum atomic E-state index is 0.223. The summed E-state index contributed by atoms with van der Waals surface area (Å²) < 4.78 is 0. The van der Waals surface area contributed by atoms with Crippen LogP contribution < -0.4 is 0 Å². The lowest BCUT2D eigenvalue weighted by Gasteiger charge is -2.23. The number of hydrogen-bond donors (Lipinski definition) is 0. The maximum absolute atomic E-state index is 12.5. The Morgan fingerprint density at radius 3 is 2.63 bits per heavy atom. The van der Waals surface area contributed by atoms with Crippen LogP contribution in [-0.2, 0) is 0 Å². The Bertz CT molecular complexity index is 433. The average Bonchev–Trinajstić information content (AvgIpc) is 2.59. The van der Waals surface area contributed by atoms with Gasteiger partial charge in [0.2, 0.25) is 0 Å². The summed E-state index contributed by atoms with van der Waals surface area (Å²) in [6.07, 6.45) is 3.39. The van der Waals surface area contributed by atoms with Crippen LogP contribution in [0.5, 0.6) is 0 Å². The van der Waals surface area contributed by atoms with Gasteiger partial charge in [-0.2, -0.15) is 0 Å². The van der Waals surface area contributed by atoms with E-state index in [1.54, 1.807) is 11.3 Å². The van der Waals surface area contributed by atoms with Gasteiger partial charge in [-0.15, -0.1) is 11.3 Å². The molecular weight excluding hydrogens is 256 g/mol. The highest BCUT2D eigenvalue weighted by Gasteiger charge is 2.23. The third-order valence-corrected chi connectivity index (χ3v) is 5.23. The van der Waals surface area contributed by atoms with Crippen LogP contribution in [0.1, 0.15) is 39.4 Å². The molecule has 0 aliphatic carbocycles. The zero-order valence-electron chi connectivity index (χ0n) is 12.4. The maximum Gasteiger partial charge on any atom is 0.263 e. The Kier molecular flexibility index (Phi) is 4.63. The molecule has 2 heterocycles. The summed E-state index contributed by atoms with van der Waals surface area (Å²) >= 11 is 1.63. The van der Waals surface area contributed by atoms with Crippen molar-refractivity contribution in [3.05, 3.63) is 21.4 Å². The van der Waals surface area contributed by atoms with Gasteiger partial charge in [-0.3, -0.25) is 4.79 Å². The Morgan fingerprint density at radius 2 is 2.05 bits per heavy atom. The van der Waals surface area contributed by atoms with E-state index < -0.39 is 0 Å². The fraction of sp³-hybridized carbons (Fsp3) is 0.667. The lowest BCUT2D eigenvalue weighted by molar-refractivity contribution is 0.0763. The Morgan fingerprint density at radius 1 is 1.32 bits per heavy atom. The van der Waals surface area contributed by atoms with Gasteiger partial charge in [-0.25, -0.2) is 0 Å². The number of carbonyl (C=O) groups is 1. The van der Waals surface area contributed by atoms with E-state index in [1.807, 2.05) is 11.0 Å². The fourth-order valence-electron chi connectivity index (χ4n) is 2.63. The minimum Gasteiger partial charge on any atom is -0.338 e. The zero-order chi connectivity index (χ0) is 14.0. The van der Waals surface area contributed by atoms with Crippen LogP contribution in [0.25, 0.3) is 0 Å². The van der Waals surface area contributed by atoms with Crippen molar-refractivity contribution in [2.45, 2.75) is 39.2 Å². The third kappa shape index (κ3) is 3.37. The van der Waals surface area contributed by atoms with E-state index in [0.717, 1.165) is 30.8 Å². The number of rotatable bonds is 2. The minimum absolute atomic E-state index is 0.223. The summed E-state index contributed by atoms with van der Waals surface area (Å²) in [5.74, 6) is 0.223. The predicted octanol–water partition coefficient (Wildman–Crippen LogP) is 2.92. The maximum atomic E-state index is 12.5. The molecule has 1 saturated heterocycles. The molecule has 1 atom stereocenters. The standard InChI is InChI=1S/C15H24N2OS/c1-11-10-14(19-12(11)2)15(18)17-8-5-6-13(7-9-17)16(3)4/h10,13H,5-9H2,1-4H3/t13-/m0/s1. The van der Waals surface area contributed by atoms with Crippen LogP contribution in [0, 0.1) is 13.8 Å². The van der Waals surface area contributed by atoms with E-state index in [1.165, 1.54) is 16.9 Å². The Balaban J connectivity index is 2.04. The van der Waals surface area contributed by atoms with Crippen LogP contribution in [0.4, 0.5) is 0 Å². The molecule has 3 nitrogen and oxygen atoms in total. The first-order valence-corrected chi connectivity index (χ1v) is 7.83. The van der Waals surface area contributed by atoms with Crippen molar-refractivity contribution in [3.8, 4) is 0 Å². The first kappa shape index (κ1) is 14.5. The molecule has 0 radical (unpaired) electrons. The van der Waals surface area contributed by atoms with Gasteiger partial charge < -0.3 is 9.80 Å². The zero-order valence-corrected chi connectivity index (χ0v) is 13.2. The fourth-order valence-corrected chi connectivity index (χ4v) is 3.63. The van der Waals surface area contributed by atoms with E-state index in [2.05, 4.69) is 32.8 Å². The summed E-state index contributed by atoms with van der Waals surface area (Å²) in [6.45, 7) is 5.95. The topological polar surface area (TPSA) is 23.6 Å². The molecule has 2 rings (SSSR count). The second-order valence-corrected chi connectivity index (χ2v) is 6.95. The van der Waals surface area contributed by atoms with Gasteiger partial charge in [-0.1, -0.05) is 0 Å². The van der Waals surface area contributed by atoms with Gasteiger partial charge in [-0.05, 0) is 58.8 Å². The largest absolute Gasteiger partial charge is 0.338 e. The molecule has 1 aromatic heterocycles. The first-order chi connectivity index (χ1) is 8.99. The van der Waals surface area contributed by atoms with Gasteiger partial charge in [0.1, 0.15) is 0 Å². The number of amides is 1. The second-order valence-electron chi connectivity index (χ2n) is 5.69. The average molecular weight is 280 g/mol. The van der Waals surface area contributed by atoms with E-state index in [4.69, 9.17) is 0 Å². The van der Waals surface area contributed by atoms with E-state index >= 15 is 0 Å². The molecule has 4 heteroatoms. The molecule has 19 heavy (non-hydrogen) atoms. The Labute approximate surface area is 120 Å². The molecule has 0 bridgehead atoms. The van der Waals surface area contributed by atoms with Crippen molar-refractivity contribution in [2.75, 3.05) is 27.2 Å². The normalized spacial score (nSPS) is 20.7. The second kappa shape index (κ2) is 6.06. The number of thiophene rings is 1. The summed E-state index contributed by atoms with van der Waals surface area (Å²) in [7, 11) is 4.27. The van der Waals surface area contributed by atoms with Gasteiger partial charge in [0, 0.05) is 24.0 Å². The van der Waals surface area contributed by atoms with Crippen LogP contribution >= 0.6 is 11.3 Å². The predicted molar refractivity (Wildman–Crippen MR) is 81.0 cm³/mol. The monoisotopic (exact) mass is 280 g/mol. The van der Waals surface area contributed by atoms with E-state index in [-0.39, 0.29) is 5.91 Å². The molecule has 1 aliphatic rings. The molecular formula is C15H24N2OS. The van der Waals surface area contributed by atoms with Crippen LogP contribution in [0.3, 0.4) is 0 Å². The molecule has 1 aliphatic heterocycles. The van der Waals surface area contributed by atoms with Gasteiger partial charge in [0.15, 0.2) is 0 Å². The van der Waals surface area contributed by atoms with E-state index in [0.29, 0.717) is 6.04 Å². The SMILES string of the molecule is Cc1cc(C(=O)N2CCC[C@H](N(C)C)CC2)sc1C. The third-order valence-electron chi connectivity index (χ3n) is 4.09. The highest BCUT2D eigenvalue weighted by molar-refractivity contribution is 7.14. The van der Waals surface area contributed by atoms with Crippen LogP contribution in [0.15, 0.2) is 6.07 Å². The van der Waals surface area contributed by atoms with Crippen molar-refractivity contribution < 1.29 is 4.79 Å². The van der Waals surface area contributed by atoms with Gasteiger partial charge in [0.05, 0.1) is 4.88 Å². The highest BCUT2D eigenvalue weighted by atomic mass is 32.1. The number of nitrogens with zero attached hydrogens (tertiary/aromatic N) is 2. The Hall–Kier alpha value is -0.870. The number of aryl methyl sites for hydroxylation is 2. The quantitative estimate of drug-likeness (QED) is 0.831. The lowest BCUT2D eigenvalue weighted by atomic mass is 10.1. The molecule has 1 fully saturated rings. The molecule has 1 aromatic rings. The van der Waals surface area contributed by atoms with Gasteiger partial charge in [0.25, 0.3) is 5.91 Å². The molecule has 0 saturated carbocycles. The smallest absolute Gasteiger partial charge is 0.263 e. The molecule has 1 amide bonds. The highest BCUT2D eigenvalue weighted by Crippen LogP contribution is 2.23. The van der Waals surface area contributed by atoms with Crippen LogP contribution in [0.2, 0.25) is 0 Å². The molecule has 0 N–H and O–H groups in total. The molecule has 0 spiro atoms. The van der Waals surface area contributed by atoms with Crippen molar-refractivity contribution >= 4 is 17.2 Å². The van der Waals surface area contributed by atoms with Crippen molar-refractivity contribution in [3.63, 3.8) is 0 Å². The van der Waals surface area contributed by atoms with Crippen LogP contribution in [-0.4, -0.2) is 48.9 Å². The van der Waals surface area contributed by atoms with Gasteiger partial charge >= 0.3 is 0 Å². The summed E-state index contributed by atoms with van der Waals surface area (Å²) in [4.78, 5) is 19.0. The summed E-state index contributed by atoms with van der Waals surface area (Å²) in [6, 6.07) is 2.65. The summed E-state index contributed by atoms with van der Waals surface area (Å²) in [5.41, 5.74) is 1.23. The first-order valence-electron chi connectivity index (χ1n) is 7.01. The van der Waals surface area contributed by atoms with E-state index in [9.17, 15) is 4.79 Å². The number of carbonyl (C=O) groups excluding carboxylic acids is 1. The lowest BCUT2D eigenvalue weighted by Crippen LogP contribution is -2.33. The number of hydrogen-bond acceptors (Lipinski definition) is 3. The number of likely N-dealkylation sites (tertiary alicyclic amines) is 1. The van der Waals surface area contributed by atoms with Crippen molar-refractivity contribution in [2.24, 2.45) is 0 Å². The molecule has 0 aromatic carbocycles. The summed E-state index contributed by atoms with van der Waals surface area (Å²) in [5, 5.41) is 0.